The molecule has 142 valence electrons. The van der Waals surface area contributed by atoms with Crippen molar-refractivity contribution in [3.05, 3.63) is 73.1 Å². The maximum Gasteiger partial charge on any atom is 0.0860 e. The molecule has 5 heteroatoms. The van der Waals surface area contributed by atoms with Gasteiger partial charge < -0.3 is 10.6 Å². The summed E-state index contributed by atoms with van der Waals surface area (Å²) in [5.74, 6) is 0.766. The quantitative estimate of drug-likeness (QED) is 0.471. The summed E-state index contributed by atoms with van der Waals surface area (Å²) >= 11 is 0. The predicted octanol–water partition coefficient (Wildman–Crippen LogP) is 4.97. The molecule has 0 atom stereocenters. The Kier molecular flexibility index (Phi) is 4.98. The Labute approximate surface area is 165 Å². The lowest BCUT2D eigenvalue weighted by atomic mass is 10.1. The Bertz CT molecular complexity index is 999. The third-order valence-corrected chi connectivity index (χ3v) is 4.96. The van der Waals surface area contributed by atoms with Crippen LogP contribution < -0.4 is 10.6 Å². The highest BCUT2D eigenvalue weighted by atomic mass is 15.2. The van der Waals surface area contributed by atoms with Gasteiger partial charge in [-0.05, 0) is 54.7 Å². The molecule has 1 aromatic heterocycles. The van der Waals surface area contributed by atoms with Crippen molar-refractivity contribution >= 4 is 34.5 Å². The van der Waals surface area contributed by atoms with E-state index >= 15 is 0 Å². The SMILES string of the molecule is C=C(C=Nc1ccc(N(CC2CC2)c2ccccc2)cc1N)c1cnn(C)c1. The molecule has 2 N–H and O–H groups in total. The van der Waals surface area contributed by atoms with Crippen LogP contribution in [0.5, 0.6) is 0 Å². The number of para-hydroxylation sites is 1. The minimum absolute atomic E-state index is 0.657. The molecule has 1 aliphatic carbocycles. The molecule has 1 aliphatic rings. The molecule has 5 nitrogen and oxygen atoms in total. The molecule has 1 fully saturated rings. The van der Waals surface area contributed by atoms with Crippen molar-refractivity contribution in [2.24, 2.45) is 18.0 Å². The molecule has 0 spiro atoms. The number of benzene rings is 2. The van der Waals surface area contributed by atoms with E-state index in [1.165, 1.54) is 18.5 Å². The standard InChI is InChI=1S/C23H25N5/c1-17(19-14-26-27(2)16-19)13-25-23-11-10-21(12-22(23)24)28(15-18-8-9-18)20-6-4-3-5-7-20/h3-7,10-14,16,18H,1,8-9,15,24H2,2H3. The molecule has 1 saturated carbocycles. The van der Waals surface area contributed by atoms with E-state index in [-0.39, 0.29) is 0 Å². The Balaban J connectivity index is 1.56. The van der Waals surface area contributed by atoms with Crippen LogP contribution in [0.15, 0.2) is 72.5 Å². The fourth-order valence-corrected chi connectivity index (χ4v) is 3.16. The molecule has 0 bridgehead atoms. The maximum absolute atomic E-state index is 6.33. The van der Waals surface area contributed by atoms with Crippen molar-refractivity contribution in [1.82, 2.24) is 9.78 Å². The van der Waals surface area contributed by atoms with Crippen LogP contribution in [-0.4, -0.2) is 22.5 Å². The van der Waals surface area contributed by atoms with Gasteiger partial charge in [0.1, 0.15) is 0 Å². The number of aromatic nitrogens is 2. The van der Waals surface area contributed by atoms with Crippen molar-refractivity contribution in [1.29, 1.82) is 0 Å². The smallest absolute Gasteiger partial charge is 0.0860 e. The van der Waals surface area contributed by atoms with Gasteiger partial charge in [-0.3, -0.25) is 9.67 Å². The highest BCUT2D eigenvalue weighted by molar-refractivity contribution is 6.09. The minimum Gasteiger partial charge on any atom is -0.397 e. The predicted molar refractivity (Wildman–Crippen MR) is 117 cm³/mol. The third kappa shape index (κ3) is 4.14. The molecule has 0 unspecified atom stereocenters. The summed E-state index contributed by atoms with van der Waals surface area (Å²) < 4.78 is 1.75. The van der Waals surface area contributed by atoms with Gasteiger partial charge in [0, 0.05) is 42.9 Å². The highest BCUT2D eigenvalue weighted by Gasteiger charge is 2.25. The number of rotatable bonds is 7. The van der Waals surface area contributed by atoms with Crippen LogP contribution in [0, 0.1) is 5.92 Å². The van der Waals surface area contributed by atoms with E-state index in [9.17, 15) is 0 Å². The third-order valence-electron chi connectivity index (χ3n) is 4.96. The molecular formula is C23H25N5. The number of nitrogens with two attached hydrogens (primary N) is 1. The summed E-state index contributed by atoms with van der Waals surface area (Å²) in [5, 5.41) is 4.16. The van der Waals surface area contributed by atoms with Crippen LogP contribution in [-0.2, 0) is 7.05 Å². The van der Waals surface area contributed by atoms with Gasteiger partial charge in [-0.15, -0.1) is 0 Å². The van der Waals surface area contributed by atoms with Crippen LogP contribution in [0.4, 0.5) is 22.7 Å². The number of anilines is 3. The largest absolute Gasteiger partial charge is 0.397 e. The molecule has 0 radical (unpaired) electrons. The number of allylic oxidation sites excluding steroid dienone is 1. The van der Waals surface area contributed by atoms with Gasteiger partial charge in [0.05, 0.1) is 17.6 Å². The number of aliphatic imine (C=N–C) groups is 1. The zero-order valence-corrected chi connectivity index (χ0v) is 16.1. The van der Waals surface area contributed by atoms with Gasteiger partial charge in [-0.1, -0.05) is 24.8 Å². The highest BCUT2D eigenvalue weighted by Crippen LogP contribution is 2.37. The molecule has 0 aliphatic heterocycles. The molecule has 3 aromatic rings. The zero-order valence-electron chi connectivity index (χ0n) is 16.1. The fourth-order valence-electron chi connectivity index (χ4n) is 3.16. The maximum atomic E-state index is 6.33. The normalized spacial score (nSPS) is 13.8. The van der Waals surface area contributed by atoms with Crippen molar-refractivity contribution in [2.75, 3.05) is 17.2 Å². The van der Waals surface area contributed by atoms with Crippen molar-refractivity contribution in [3.63, 3.8) is 0 Å². The molecule has 2 aromatic carbocycles. The van der Waals surface area contributed by atoms with Gasteiger partial charge in [0.2, 0.25) is 0 Å². The number of hydrogen-bond donors (Lipinski definition) is 1. The van der Waals surface area contributed by atoms with E-state index in [2.05, 4.69) is 51.9 Å². The minimum atomic E-state index is 0.657. The second-order valence-electron chi connectivity index (χ2n) is 7.32. The lowest BCUT2D eigenvalue weighted by Gasteiger charge is -2.25. The first-order chi connectivity index (χ1) is 13.6. The van der Waals surface area contributed by atoms with Gasteiger partial charge in [0.15, 0.2) is 0 Å². The van der Waals surface area contributed by atoms with E-state index < -0.39 is 0 Å². The zero-order chi connectivity index (χ0) is 19.5. The fraction of sp³-hybridized carbons (Fsp3) is 0.217. The topological polar surface area (TPSA) is 59.4 Å². The van der Waals surface area contributed by atoms with Gasteiger partial charge in [0.25, 0.3) is 0 Å². The second-order valence-corrected chi connectivity index (χ2v) is 7.32. The van der Waals surface area contributed by atoms with Crippen LogP contribution in [0.2, 0.25) is 0 Å². The molecule has 4 rings (SSSR count). The first-order valence-electron chi connectivity index (χ1n) is 9.54. The van der Waals surface area contributed by atoms with Crippen molar-refractivity contribution in [2.45, 2.75) is 12.8 Å². The Morgan fingerprint density at radius 2 is 2.04 bits per heavy atom. The number of nitrogen functional groups attached to an aromatic ring is 1. The van der Waals surface area contributed by atoms with Gasteiger partial charge in [-0.2, -0.15) is 5.10 Å². The molecule has 28 heavy (non-hydrogen) atoms. The van der Waals surface area contributed by atoms with Crippen LogP contribution in [0.1, 0.15) is 18.4 Å². The lowest BCUT2D eigenvalue weighted by Crippen LogP contribution is -2.19. The summed E-state index contributed by atoms with van der Waals surface area (Å²) in [6.07, 6.45) is 8.03. The second kappa shape index (κ2) is 7.72. The molecular weight excluding hydrogens is 346 g/mol. The summed E-state index contributed by atoms with van der Waals surface area (Å²) in [6.45, 7) is 5.07. The monoisotopic (exact) mass is 371 g/mol. The van der Waals surface area contributed by atoms with E-state index in [4.69, 9.17) is 5.73 Å². The molecule has 0 saturated heterocycles. The summed E-state index contributed by atoms with van der Waals surface area (Å²) in [7, 11) is 1.88. The average molecular weight is 371 g/mol. The van der Waals surface area contributed by atoms with Crippen LogP contribution in [0.25, 0.3) is 5.57 Å². The summed E-state index contributed by atoms with van der Waals surface area (Å²) in [5.41, 5.74) is 11.8. The summed E-state index contributed by atoms with van der Waals surface area (Å²) in [6, 6.07) is 16.5. The molecule has 0 amide bonds. The lowest BCUT2D eigenvalue weighted by molar-refractivity contribution is 0.767. The Morgan fingerprint density at radius 3 is 2.68 bits per heavy atom. The number of aryl methyl sites for hydroxylation is 1. The van der Waals surface area contributed by atoms with E-state index in [0.29, 0.717) is 5.69 Å². The van der Waals surface area contributed by atoms with Gasteiger partial charge >= 0.3 is 0 Å². The van der Waals surface area contributed by atoms with Crippen LogP contribution in [0.3, 0.4) is 0 Å². The average Bonchev–Trinajstić information content (AvgIpc) is 3.43. The Hall–Kier alpha value is -3.34. The van der Waals surface area contributed by atoms with Crippen molar-refractivity contribution < 1.29 is 0 Å². The van der Waals surface area contributed by atoms with E-state index in [1.54, 1.807) is 17.1 Å². The number of hydrogen-bond acceptors (Lipinski definition) is 4. The first kappa shape index (κ1) is 18.0. The van der Waals surface area contributed by atoms with Gasteiger partial charge in [-0.25, -0.2) is 0 Å². The first-order valence-corrected chi connectivity index (χ1v) is 9.54. The van der Waals surface area contributed by atoms with Crippen molar-refractivity contribution in [3.8, 4) is 0 Å². The van der Waals surface area contributed by atoms with E-state index in [0.717, 1.165) is 35.0 Å². The molecule has 1 heterocycles. The summed E-state index contributed by atoms with van der Waals surface area (Å²) in [4.78, 5) is 6.88. The van der Waals surface area contributed by atoms with E-state index in [1.807, 2.05) is 31.4 Å². The number of nitrogens with zero attached hydrogens (tertiary/aromatic N) is 4. The Morgan fingerprint density at radius 1 is 1.25 bits per heavy atom. The van der Waals surface area contributed by atoms with Crippen LogP contribution >= 0.6 is 0 Å².